The predicted molar refractivity (Wildman–Crippen MR) is 43.5 cm³/mol. The van der Waals surface area contributed by atoms with E-state index in [-0.39, 0.29) is 0 Å². The Balaban J connectivity index is 3.44. The topological polar surface area (TPSA) is 92.5 Å². The van der Waals surface area contributed by atoms with Crippen LogP contribution in [0.4, 0.5) is 0 Å². The summed E-state index contributed by atoms with van der Waals surface area (Å²) >= 11 is 0. The fraction of sp³-hybridized carbons (Fsp3) is 1.00. The molecule has 0 aliphatic carbocycles. The highest BCUT2D eigenvalue weighted by Gasteiger charge is 2.25. The van der Waals surface area contributed by atoms with Crippen molar-refractivity contribution in [3.63, 3.8) is 0 Å². The lowest BCUT2D eigenvalue weighted by Gasteiger charge is -2.23. The lowest BCUT2D eigenvalue weighted by atomic mass is 10.1. The zero-order chi connectivity index (χ0) is 8.91. The van der Waals surface area contributed by atoms with Gasteiger partial charge in [-0.3, -0.25) is 5.73 Å². The maximum atomic E-state index is 8.79. The first-order chi connectivity index (χ1) is 4.98. The SMILES string of the molecule is CCCCCC(N)C(N)(O)O. The van der Waals surface area contributed by atoms with Crippen LogP contribution < -0.4 is 11.5 Å². The Hall–Kier alpha value is -0.160. The molecule has 4 heteroatoms. The summed E-state index contributed by atoms with van der Waals surface area (Å²) in [7, 11) is 0. The molecule has 0 aromatic heterocycles. The van der Waals surface area contributed by atoms with E-state index >= 15 is 0 Å². The Bertz CT molecular complexity index is 101. The third kappa shape index (κ3) is 5.15. The van der Waals surface area contributed by atoms with Gasteiger partial charge in [0.25, 0.3) is 0 Å². The van der Waals surface area contributed by atoms with E-state index in [1.165, 1.54) is 0 Å². The van der Waals surface area contributed by atoms with E-state index in [0.717, 1.165) is 19.3 Å². The summed E-state index contributed by atoms with van der Waals surface area (Å²) in [6, 6.07) is -0.742. The Morgan fingerprint density at radius 3 is 2.27 bits per heavy atom. The molecule has 0 bridgehead atoms. The molecule has 0 heterocycles. The van der Waals surface area contributed by atoms with Gasteiger partial charge in [-0.25, -0.2) is 0 Å². The molecule has 68 valence electrons. The maximum Gasteiger partial charge on any atom is 0.235 e. The normalized spacial score (nSPS) is 15.0. The first-order valence-corrected chi connectivity index (χ1v) is 3.97. The Morgan fingerprint density at radius 2 is 1.91 bits per heavy atom. The van der Waals surface area contributed by atoms with Crippen LogP contribution in [0.25, 0.3) is 0 Å². The lowest BCUT2D eigenvalue weighted by Crippen LogP contribution is -2.55. The van der Waals surface area contributed by atoms with E-state index in [4.69, 9.17) is 21.7 Å². The number of unbranched alkanes of at least 4 members (excludes halogenated alkanes) is 2. The first kappa shape index (κ1) is 10.8. The fourth-order valence-electron chi connectivity index (χ4n) is 0.827. The standard InChI is InChI=1S/C7H18N2O2/c1-2-3-4-5-6(8)7(9,10)11/h6,10-11H,2-5,8-9H2,1H3. The molecule has 1 unspecified atom stereocenters. The molecule has 0 aliphatic rings. The molecule has 0 amide bonds. The average molecular weight is 162 g/mol. The predicted octanol–water partition coefficient (Wildman–Crippen LogP) is -0.509. The lowest BCUT2D eigenvalue weighted by molar-refractivity contribution is -0.172. The van der Waals surface area contributed by atoms with E-state index in [1.54, 1.807) is 0 Å². The van der Waals surface area contributed by atoms with E-state index in [1.807, 2.05) is 0 Å². The highest BCUT2D eigenvalue weighted by Crippen LogP contribution is 2.06. The number of hydrogen-bond donors (Lipinski definition) is 4. The first-order valence-electron chi connectivity index (χ1n) is 3.97. The van der Waals surface area contributed by atoms with E-state index < -0.39 is 12.0 Å². The minimum Gasteiger partial charge on any atom is -0.352 e. The fourth-order valence-corrected chi connectivity index (χ4v) is 0.827. The summed E-state index contributed by atoms with van der Waals surface area (Å²) < 4.78 is 0. The molecule has 0 aromatic rings. The van der Waals surface area contributed by atoms with Crippen molar-refractivity contribution < 1.29 is 10.2 Å². The Kier molecular flexibility index (Phi) is 4.60. The van der Waals surface area contributed by atoms with E-state index in [2.05, 4.69) is 6.92 Å². The summed E-state index contributed by atoms with van der Waals surface area (Å²) in [4.78, 5) is 0. The van der Waals surface area contributed by atoms with Gasteiger partial charge in [-0.2, -0.15) is 0 Å². The molecule has 0 spiro atoms. The Labute approximate surface area is 67.2 Å². The second kappa shape index (κ2) is 4.66. The van der Waals surface area contributed by atoms with Gasteiger partial charge in [-0.05, 0) is 6.42 Å². The van der Waals surface area contributed by atoms with Gasteiger partial charge in [0, 0.05) is 0 Å². The van der Waals surface area contributed by atoms with E-state index in [9.17, 15) is 0 Å². The van der Waals surface area contributed by atoms with Crippen molar-refractivity contribution in [2.75, 3.05) is 0 Å². The van der Waals surface area contributed by atoms with Crippen molar-refractivity contribution in [1.82, 2.24) is 0 Å². The third-order valence-electron chi connectivity index (χ3n) is 1.66. The maximum absolute atomic E-state index is 8.79. The molecule has 0 saturated heterocycles. The number of rotatable bonds is 5. The molecule has 4 nitrogen and oxygen atoms in total. The number of nitrogens with two attached hydrogens (primary N) is 2. The third-order valence-corrected chi connectivity index (χ3v) is 1.66. The van der Waals surface area contributed by atoms with Gasteiger partial charge >= 0.3 is 0 Å². The number of hydrogen-bond acceptors (Lipinski definition) is 4. The van der Waals surface area contributed by atoms with Gasteiger partial charge in [0.1, 0.15) is 0 Å². The average Bonchev–Trinajstić information content (AvgIpc) is 1.86. The van der Waals surface area contributed by atoms with Crippen molar-refractivity contribution in [2.45, 2.75) is 44.6 Å². The molecular weight excluding hydrogens is 144 g/mol. The summed E-state index contributed by atoms with van der Waals surface area (Å²) in [6.07, 6.45) is 3.57. The van der Waals surface area contributed by atoms with Gasteiger partial charge in [0.15, 0.2) is 0 Å². The van der Waals surface area contributed by atoms with Gasteiger partial charge in [-0.1, -0.05) is 26.2 Å². The second-order valence-electron chi connectivity index (χ2n) is 2.89. The monoisotopic (exact) mass is 162 g/mol. The quantitative estimate of drug-likeness (QED) is 0.323. The van der Waals surface area contributed by atoms with Crippen LogP contribution in [-0.2, 0) is 0 Å². The molecule has 0 aromatic carbocycles. The smallest absolute Gasteiger partial charge is 0.235 e. The van der Waals surface area contributed by atoms with Crippen LogP contribution >= 0.6 is 0 Å². The summed E-state index contributed by atoms with van der Waals surface area (Å²) in [6.45, 7) is 2.07. The second-order valence-corrected chi connectivity index (χ2v) is 2.89. The van der Waals surface area contributed by atoms with E-state index in [0.29, 0.717) is 6.42 Å². The minimum atomic E-state index is -2.21. The summed E-state index contributed by atoms with van der Waals surface area (Å²) in [5, 5.41) is 17.6. The molecule has 0 radical (unpaired) electrons. The zero-order valence-corrected chi connectivity index (χ0v) is 6.95. The van der Waals surface area contributed by atoms with Crippen molar-refractivity contribution in [2.24, 2.45) is 11.5 Å². The molecule has 1 atom stereocenters. The molecule has 0 saturated carbocycles. The van der Waals surface area contributed by atoms with Gasteiger partial charge in [0.2, 0.25) is 5.91 Å². The molecular formula is C7H18N2O2. The van der Waals surface area contributed by atoms with Crippen molar-refractivity contribution >= 4 is 0 Å². The van der Waals surface area contributed by atoms with Crippen molar-refractivity contribution in [3.8, 4) is 0 Å². The molecule has 0 aliphatic heterocycles. The van der Waals surface area contributed by atoms with Crippen LogP contribution in [-0.4, -0.2) is 22.2 Å². The largest absolute Gasteiger partial charge is 0.352 e. The molecule has 0 rings (SSSR count). The van der Waals surface area contributed by atoms with Gasteiger partial charge < -0.3 is 15.9 Å². The van der Waals surface area contributed by atoms with Crippen LogP contribution in [0.3, 0.4) is 0 Å². The molecule has 6 N–H and O–H groups in total. The van der Waals surface area contributed by atoms with Crippen LogP contribution in [0.2, 0.25) is 0 Å². The highest BCUT2D eigenvalue weighted by atomic mass is 16.5. The van der Waals surface area contributed by atoms with Gasteiger partial charge in [0.05, 0.1) is 6.04 Å². The Morgan fingerprint density at radius 1 is 1.36 bits per heavy atom. The van der Waals surface area contributed by atoms with Gasteiger partial charge in [-0.15, -0.1) is 0 Å². The van der Waals surface area contributed by atoms with Crippen LogP contribution in [0.15, 0.2) is 0 Å². The highest BCUT2D eigenvalue weighted by molar-refractivity contribution is 4.72. The van der Waals surface area contributed by atoms with Crippen LogP contribution in [0.1, 0.15) is 32.6 Å². The van der Waals surface area contributed by atoms with Crippen molar-refractivity contribution in [1.29, 1.82) is 0 Å². The molecule has 11 heavy (non-hydrogen) atoms. The zero-order valence-electron chi connectivity index (χ0n) is 6.95. The molecule has 0 fully saturated rings. The minimum absolute atomic E-state index is 0.553. The number of aliphatic hydroxyl groups is 2. The summed E-state index contributed by atoms with van der Waals surface area (Å²) in [5.74, 6) is -2.21. The summed E-state index contributed by atoms with van der Waals surface area (Å²) in [5.41, 5.74) is 10.3. The van der Waals surface area contributed by atoms with Crippen LogP contribution in [0.5, 0.6) is 0 Å². The van der Waals surface area contributed by atoms with Crippen molar-refractivity contribution in [3.05, 3.63) is 0 Å². The van der Waals surface area contributed by atoms with Crippen LogP contribution in [0, 0.1) is 0 Å².